The number of para-hydroxylation sites is 1. The van der Waals surface area contributed by atoms with Crippen LogP contribution in [0.1, 0.15) is 21.9 Å². The minimum Gasteiger partial charge on any atom is -0.486 e. The molecular weight excluding hydrogens is 368 g/mol. The van der Waals surface area contributed by atoms with Crippen LogP contribution in [-0.2, 0) is 23.2 Å². The van der Waals surface area contributed by atoms with E-state index in [1.165, 1.54) is 12.1 Å². The lowest BCUT2D eigenvalue weighted by atomic mass is 10.2. The van der Waals surface area contributed by atoms with Gasteiger partial charge in [-0.3, -0.25) is 4.79 Å². The van der Waals surface area contributed by atoms with Crippen molar-refractivity contribution in [2.75, 3.05) is 0 Å². The topological polar surface area (TPSA) is 112 Å². The number of benzene rings is 2. The third-order valence-corrected chi connectivity index (χ3v) is 4.64. The minimum absolute atomic E-state index is 0.0201. The minimum atomic E-state index is -3.73. The molecule has 0 bridgehead atoms. The molecule has 140 valence electrons. The van der Waals surface area contributed by atoms with Crippen LogP contribution in [0.3, 0.4) is 0 Å². The molecule has 8 heteroatoms. The summed E-state index contributed by atoms with van der Waals surface area (Å²) in [7, 11) is -3.73. The van der Waals surface area contributed by atoms with Gasteiger partial charge >= 0.3 is 0 Å². The van der Waals surface area contributed by atoms with Gasteiger partial charge in [0, 0.05) is 6.54 Å². The van der Waals surface area contributed by atoms with Crippen molar-refractivity contribution >= 4 is 15.9 Å². The molecule has 3 N–H and O–H groups in total. The maximum absolute atomic E-state index is 12.2. The summed E-state index contributed by atoms with van der Waals surface area (Å²) in [5.74, 6) is 1.03. The number of rotatable bonds is 7. The number of hydrogen-bond donors (Lipinski definition) is 2. The Kier molecular flexibility index (Phi) is 5.58. The van der Waals surface area contributed by atoms with E-state index < -0.39 is 10.0 Å². The molecule has 0 aliphatic carbocycles. The first-order chi connectivity index (χ1) is 12.9. The van der Waals surface area contributed by atoms with E-state index in [0.29, 0.717) is 11.5 Å². The Balaban J connectivity index is 1.53. The largest absolute Gasteiger partial charge is 0.486 e. The van der Waals surface area contributed by atoms with Gasteiger partial charge in [0.2, 0.25) is 10.0 Å². The molecule has 3 rings (SSSR count). The second-order valence-corrected chi connectivity index (χ2v) is 7.30. The Bertz CT molecular complexity index is 1010. The van der Waals surface area contributed by atoms with Crippen molar-refractivity contribution in [3.8, 4) is 5.75 Å². The summed E-state index contributed by atoms with van der Waals surface area (Å²) in [5, 5.41) is 7.76. The SMILES string of the molecule is NS(=O)(=O)c1ccc(CNC(=O)c2ccc(COc3ccccc3)o2)cc1. The van der Waals surface area contributed by atoms with Crippen LogP contribution in [0.2, 0.25) is 0 Å². The van der Waals surface area contributed by atoms with Crippen LogP contribution in [0.5, 0.6) is 5.75 Å². The zero-order valence-corrected chi connectivity index (χ0v) is 15.1. The average molecular weight is 386 g/mol. The predicted molar refractivity (Wildman–Crippen MR) is 98.5 cm³/mol. The van der Waals surface area contributed by atoms with Gasteiger partial charge in [-0.05, 0) is 42.0 Å². The normalized spacial score (nSPS) is 11.1. The van der Waals surface area contributed by atoms with E-state index in [0.717, 1.165) is 5.56 Å². The van der Waals surface area contributed by atoms with E-state index in [4.69, 9.17) is 14.3 Å². The van der Waals surface area contributed by atoms with Crippen LogP contribution in [0.15, 0.2) is 76.0 Å². The fourth-order valence-electron chi connectivity index (χ4n) is 2.32. The quantitative estimate of drug-likeness (QED) is 0.648. The maximum Gasteiger partial charge on any atom is 0.287 e. The van der Waals surface area contributed by atoms with Crippen molar-refractivity contribution in [2.24, 2.45) is 5.14 Å². The van der Waals surface area contributed by atoms with Crippen LogP contribution in [0.4, 0.5) is 0 Å². The van der Waals surface area contributed by atoms with Crippen molar-refractivity contribution in [3.05, 3.63) is 83.8 Å². The number of furan rings is 1. The third-order valence-electron chi connectivity index (χ3n) is 3.71. The highest BCUT2D eigenvalue weighted by Gasteiger charge is 2.12. The number of amides is 1. The van der Waals surface area contributed by atoms with E-state index in [1.54, 1.807) is 24.3 Å². The number of carbonyl (C=O) groups excluding carboxylic acids is 1. The van der Waals surface area contributed by atoms with Crippen LogP contribution in [-0.4, -0.2) is 14.3 Å². The second-order valence-electron chi connectivity index (χ2n) is 5.74. The molecule has 0 spiro atoms. The highest BCUT2D eigenvalue weighted by atomic mass is 32.2. The Labute approximate surface area is 156 Å². The summed E-state index contributed by atoms with van der Waals surface area (Å²) in [6, 6.07) is 18.5. The Hall–Kier alpha value is -3.10. The summed E-state index contributed by atoms with van der Waals surface area (Å²) < 4.78 is 33.5. The Morgan fingerprint density at radius 1 is 1.00 bits per heavy atom. The Morgan fingerprint density at radius 3 is 2.37 bits per heavy atom. The van der Waals surface area contributed by atoms with Crippen LogP contribution in [0.25, 0.3) is 0 Å². The third kappa shape index (κ3) is 5.19. The van der Waals surface area contributed by atoms with Gasteiger partial charge in [-0.2, -0.15) is 0 Å². The lowest BCUT2D eigenvalue weighted by Gasteiger charge is -2.05. The zero-order chi connectivity index (χ0) is 19.3. The average Bonchev–Trinajstić information content (AvgIpc) is 3.14. The van der Waals surface area contributed by atoms with Gasteiger partial charge in [0.05, 0.1) is 4.90 Å². The molecule has 0 saturated heterocycles. The number of ether oxygens (including phenoxy) is 1. The Morgan fingerprint density at radius 2 is 1.70 bits per heavy atom. The monoisotopic (exact) mass is 386 g/mol. The second kappa shape index (κ2) is 8.07. The van der Waals surface area contributed by atoms with E-state index in [1.807, 2.05) is 30.3 Å². The number of sulfonamides is 1. The molecule has 0 atom stereocenters. The summed E-state index contributed by atoms with van der Waals surface area (Å²) in [4.78, 5) is 12.2. The molecule has 1 heterocycles. The highest BCUT2D eigenvalue weighted by Crippen LogP contribution is 2.14. The van der Waals surface area contributed by atoms with Crippen molar-refractivity contribution in [1.82, 2.24) is 5.32 Å². The van der Waals surface area contributed by atoms with Crippen LogP contribution < -0.4 is 15.2 Å². The molecule has 0 fully saturated rings. The van der Waals surface area contributed by atoms with Gasteiger partial charge in [0.15, 0.2) is 5.76 Å². The first kappa shape index (κ1) is 18.7. The van der Waals surface area contributed by atoms with Gasteiger partial charge < -0.3 is 14.5 Å². The van der Waals surface area contributed by atoms with Gasteiger partial charge in [0.25, 0.3) is 5.91 Å². The molecule has 0 aliphatic rings. The zero-order valence-electron chi connectivity index (χ0n) is 14.3. The number of nitrogens with one attached hydrogen (secondary N) is 1. The summed E-state index contributed by atoms with van der Waals surface area (Å²) in [6.07, 6.45) is 0. The molecule has 3 aromatic rings. The van der Waals surface area contributed by atoms with Gasteiger partial charge in [-0.1, -0.05) is 30.3 Å². The molecular formula is C19H18N2O5S. The fourth-order valence-corrected chi connectivity index (χ4v) is 2.83. The van der Waals surface area contributed by atoms with Crippen molar-refractivity contribution in [3.63, 3.8) is 0 Å². The van der Waals surface area contributed by atoms with Crippen molar-refractivity contribution < 1.29 is 22.4 Å². The van der Waals surface area contributed by atoms with Crippen molar-refractivity contribution in [2.45, 2.75) is 18.0 Å². The first-order valence-electron chi connectivity index (χ1n) is 8.08. The number of hydrogen-bond acceptors (Lipinski definition) is 5. The molecule has 27 heavy (non-hydrogen) atoms. The molecule has 2 aromatic carbocycles. The highest BCUT2D eigenvalue weighted by molar-refractivity contribution is 7.89. The number of nitrogens with two attached hydrogens (primary N) is 1. The number of primary sulfonamides is 1. The van der Waals surface area contributed by atoms with E-state index in [-0.39, 0.29) is 29.7 Å². The molecule has 0 aliphatic heterocycles. The molecule has 1 aromatic heterocycles. The van der Waals surface area contributed by atoms with Crippen LogP contribution >= 0.6 is 0 Å². The molecule has 0 radical (unpaired) electrons. The first-order valence-corrected chi connectivity index (χ1v) is 9.63. The van der Waals surface area contributed by atoms with Crippen LogP contribution in [0, 0.1) is 0 Å². The van der Waals surface area contributed by atoms with Crippen molar-refractivity contribution in [1.29, 1.82) is 0 Å². The summed E-state index contributed by atoms with van der Waals surface area (Å²) in [5.41, 5.74) is 0.731. The van der Waals surface area contributed by atoms with Gasteiger partial charge in [-0.25, -0.2) is 13.6 Å². The van der Waals surface area contributed by atoms with Gasteiger partial charge in [0.1, 0.15) is 18.1 Å². The standard InChI is InChI=1S/C19H18N2O5S/c20-27(23,24)17-9-6-14(7-10-17)12-21-19(22)18-11-8-16(26-18)13-25-15-4-2-1-3-5-15/h1-11H,12-13H2,(H,21,22)(H2,20,23,24). The fraction of sp³-hybridized carbons (Fsp3) is 0.105. The summed E-state index contributed by atoms with van der Waals surface area (Å²) in [6.45, 7) is 0.437. The van der Waals surface area contributed by atoms with Gasteiger partial charge in [-0.15, -0.1) is 0 Å². The number of carbonyl (C=O) groups is 1. The smallest absolute Gasteiger partial charge is 0.287 e. The molecule has 1 amide bonds. The summed E-state index contributed by atoms with van der Waals surface area (Å²) >= 11 is 0. The van der Waals surface area contributed by atoms with E-state index in [9.17, 15) is 13.2 Å². The molecule has 0 saturated carbocycles. The maximum atomic E-state index is 12.2. The predicted octanol–water partition coefficient (Wildman–Crippen LogP) is 2.44. The van der Waals surface area contributed by atoms with E-state index in [2.05, 4.69) is 5.32 Å². The van der Waals surface area contributed by atoms with E-state index >= 15 is 0 Å². The molecule has 0 unspecified atom stereocenters. The molecule has 7 nitrogen and oxygen atoms in total. The lowest BCUT2D eigenvalue weighted by Crippen LogP contribution is -2.22. The lowest BCUT2D eigenvalue weighted by molar-refractivity contribution is 0.0919.